The Morgan fingerprint density at radius 3 is 2.08 bits per heavy atom. The van der Waals surface area contributed by atoms with Gasteiger partial charge in [0.15, 0.2) is 0 Å². The highest BCUT2D eigenvalue weighted by Gasteiger charge is 2.33. The fraction of sp³-hybridized carbons (Fsp3) is 0.355. The molecule has 3 aromatic rings. The lowest BCUT2D eigenvalue weighted by molar-refractivity contribution is -0.140. The highest BCUT2D eigenvalue weighted by Crippen LogP contribution is 2.23. The van der Waals surface area contributed by atoms with Gasteiger partial charge in [-0.25, -0.2) is 8.42 Å². The van der Waals surface area contributed by atoms with Gasteiger partial charge in [-0.1, -0.05) is 71.4 Å². The lowest BCUT2D eigenvalue weighted by atomic mass is 10.0. The monoisotopic (exact) mass is 627 g/mol. The summed E-state index contributed by atoms with van der Waals surface area (Å²) in [5, 5.41) is 3.04. The van der Waals surface area contributed by atoms with E-state index in [2.05, 4.69) is 21.2 Å². The van der Waals surface area contributed by atoms with Crippen molar-refractivity contribution in [2.24, 2.45) is 0 Å². The van der Waals surface area contributed by atoms with E-state index in [1.165, 1.54) is 4.90 Å². The van der Waals surface area contributed by atoms with Gasteiger partial charge in [-0.2, -0.15) is 0 Å². The minimum atomic E-state index is -3.81. The van der Waals surface area contributed by atoms with E-state index >= 15 is 0 Å². The average Bonchev–Trinajstić information content (AvgIpc) is 2.89. The molecule has 0 saturated carbocycles. The number of nitrogens with zero attached hydrogens (tertiary/aromatic N) is 2. The van der Waals surface area contributed by atoms with E-state index in [4.69, 9.17) is 0 Å². The van der Waals surface area contributed by atoms with E-state index < -0.39 is 28.5 Å². The number of nitrogens with one attached hydrogen (secondary N) is 1. The topological polar surface area (TPSA) is 86.8 Å². The van der Waals surface area contributed by atoms with Crippen molar-refractivity contribution >= 4 is 43.5 Å². The molecular weight excluding hydrogens is 590 g/mol. The Labute approximate surface area is 246 Å². The SMILES string of the molecule is CC[C@@H](C)NC(=O)[C@H](Cc1ccccc1)N(Cc1ccc(Br)cc1)C(=O)CN(c1cc(C)cc(C)c1)S(C)(=O)=O. The first kappa shape index (κ1) is 31.4. The van der Waals surface area contributed by atoms with Crippen molar-refractivity contribution < 1.29 is 18.0 Å². The zero-order chi connectivity index (χ0) is 29.4. The summed E-state index contributed by atoms with van der Waals surface area (Å²) in [6.07, 6.45) is 2.11. The van der Waals surface area contributed by atoms with Crippen LogP contribution in [0, 0.1) is 13.8 Å². The Balaban J connectivity index is 2.07. The van der Waals surface area contributed by atoms with Crippen LogP contribution in [-0.4, -0.2) is 50.0 Å². The quantitative estimate of drug-likeness (QED) is 0.292. The number of rotatable bonds is 12. The zero-order valence-corrected chi connectivity index (χ0v) is 26.1. The van der Waals surface area contributed by atoms with Gasteiger partial charge in [-0.15, -0.1) is 0 Å². The second-order valence-electron chi connectivity index (χ2n) is 10.3. The summed E-state index contributed by atoms with van der Waals surface area (Å²) in [4.78, 5) is 29.4. The summed E-state index contributed by atoms with van der Waals surface area (Å²) >= 11 is 3.45. The Morgan fingerprint density at radius 1 is 0.925 bits per heavy atom. The summed E-state index contributed by atoms with van der Waals surface area (Å²) < 4.78 is 27.9. The molecule has 0 fully saturated rings. The minimum Gasteiger partial charge on any atom is -0.352 e. The first-order valence-electron chi connectivity index (χ1n) is 13.3. The summed E-state index contributed by atoms with van der Waals surface area (Å²) in [6.45, 7) is 7.38. The molecule has 0 aromatic heterocycles. The zero-order valence-electron chi connectivity index (χ0n) is 23.7. The number of benzene rings is 3. The van der Waals surface area contributed by atoms with E-state index in [0.29, 0.717) is 5.69 Å². The summed E-state index contributed by atoms with van der Waals surface area (Å²) in [5.41, 5.74) is 3.91. The van der Waals surface area contributed by atoms with Gasteiger partial charge >= 0.3 is 0 Å². The number of sulfonamides is 1. The molecule has 7 nitrogen and oxygen atoms in total. The largest absolute Gasteiger partial charge is 0.352 e. The van der Waals surface area contributed by atoms with Crippen LogP contribution in [0.5, 0.6) is 0 Å². The first-order chi connectivity index (χ1) is 18.9. The number of anilines is 1. The van der Waals surface area contributed by atoms with Crippen LogP contribution in [0.2, 0.25) is 0 Å². The minimum absolute atomic E-state index is 0.0850. The van der Waals surface area contributed by atoms with Crippen molar-refractivity contribution in [2.45, 2.75) is 59.2 Å². The molecule has 0 aliphatic rings. The normalized spacial score (nSPS) is 12.8. The van der Waals surface area contributed by atoms with E-state index in [-0.39, 0.29) is 24.9 Å². The molecule has 2 amide bonds. The van der Waals surface area contributed by atoms with Crippen LogP contribution in [0.3, 0.4) is 0 Å². The first-order valence-corrected chi connectivity index (χ1v) is 16.0. The summed E-state index contributed by atoms with van der Waals surface area (Å²) in [7, 11) is -3.81. The van der Waals surface area contributed by atoms with Crippen molar-refractivity contribution in [1.82, 2.24) is 10.2 Å². The van der Waals surface area contributed by atoms with Gasteiger partial charge in [0.2, 0.25) is 21.8 Å². The number of halogens is 1. The second-order valence-corrected chi connectivity index (χ2v) is 13.1. The molecule has 0 saturated heterocycles. The lowest BCUT2D eigenvalue weighted by Crippen LogP contribution is -2.54. The van der Waals surface area contributed by atoms with Gasteiger partial charge in [0.25, 0.3) is 0 Å². The average molecular weight is 629 g/mol. The number of hydrogen-bond acceptors (Lipinski definition) is 4. The number of carbonyl (C=O) groups excluding carboxylic acids is 2. The van der Waals surface area contributed by atoms with Crippen molar-refractivity contribution in [3.05, 3.63) is 99.5 Å². The van der Waals surface area contributed by atoms with Crippen molar-refractivity contribution in [3.63, 3.8) is 0 Å². The fourth-order valence-electron chi connectivity index (χ4n) is 4.49. The number of amides is 2. The van der Waals surface area contributed by atoms with Crippen LogP contribution >= 0.6 is 15.9 Å². The third-order valence-corrected chi connectivity index (χ3v) is 8.38. The van der Waals surface area contributed by atoms with E-state index in [9.17, 15) is 18.0 Å². The van der Waals surface area contributed by atoms with Crippen LogP contribution in [0.4, 0.5) is 5.69 Å². The molecule has 214 valence electrons. The molecule has 0 unspecified atom stereocenters. The number of carbonyl (C=O) groups is 2. The van der Waals surface area contributed by atoms with Crippen molar-refractivity contribution in [3.8, 4) is 0 Å². The van der Waals surface area contributed by atoms with Crippen LogP contribution in [0.25, 0.3) is 0 Å². The molecule has 0 aliphatic heterocycles. The van der Waals surface area contributed by atoms with Gasteiger partial charge < -0.3 is 10.2 Å². The molecule has 0 radical (unpaired) electrons. The van der Waals surface area contributed by atoms with E-state index in [1.54, 1.807) is 12.1 Å². The molecule has 1 N–H and O–H groups in total. The number of hydrogen-bond donors (Lipinski definition) is 1. The molecule has 0 spiro atoms. The van der Waals surface area contributed by atoms with E-state index in [1.807, 2.05) is 88.4 Å². The van der Waals surface area contributed by atoms with Crippen LogP contribution in [0.15, 0.2) is 77.3 Å². The number of aryl methyl sites for hydroxylation is 2. The highest BCUT2D eigenvalue weighted by atomic mass is 79.9. The second kappa shape index (κ2) is 13.9. The molecule has 3 rings (SSSR count). The molecule has 0 aliphatic carbocycles. The van der Waals surface area contributed by atoms with E-state index in [0.717, 1.165) is 43.7 Å². The van der Waals surface area contributed by atoms with Crippen LogP contribution in [0.1, 0.15) is 42.5 Å². The van der Waals surface area contributed by atoms with Crippen LogP contribution in [-0.2, 0) is 32.6 Å². The lowest BCUT2D eigenvalue weighted by Gasteiger charge is -2.34. The molecule has 0 bridgehead atoms. The van der Waals surface area contributed by atoms with Crippen molar-refractivity contribution in [1.29, 1.82) is 0 Å². The molecule has 9 heteroatoms. The Kier molecular flexibility index (Phi) is 10.9. The maximum Gasteiger partial charge on any atom is 0.244 e. The Hall–Kier alpha value is -3.17. The van der Waals surface area contributed by atoms with Gasteiger partial charge in [-0.05, 0) is 73.7 Å². The Morgan fingerprint density at radius 2 is 1.52 bits per heavy atom. The third-order valence-electron chi connectivity index (χ3n) is 6.71. The highest BCUT2D eigenvalue weighted by molar-refractivity contribution is 9.10. The standard InChI is InChI=1S/C31H38BrN3O4S/c1-6-24(4)33-31(37)29(19-25-10-8-7-9-11-25)34(20-26-12-14-27(32)15-13-26)30(36)21-35(40(5,38)39)28-17-22(2)16-23(3)18-28/h7-18,24,29H,6,19-21H2,1-5H3,(H,33,37)/t24-,29+/m1/s1. The Bertz CT molecular complexity index is 1390. The van der Waals surface area contributed by atoms with Crippen molar-refractivity contribution in [2.75, 3.05) is 17.1 Å². The molecule has 0 heterocycles. The molecular formula is C31H38BrN3O4S. The third kappa shape index (κ3) is 8.93. The van der Waals surface area contributed by atoms with Gasteiger partial charge in [0.05, 0.1) is 11.9 Å². The predicted molar refractivity (Wildman–Crippen MR) is 165 cm³/mol. The summed E-state index contributed by atoms with van der Waals surface area (Å²) in [6, 6.07) is 21.6. The summed E-state index contributed by atoms with van der Waals surface area (Å²) in [5.74, 6) is -0.742. The van der Waals surface area contributed by atoms with Gasteiger partial charge in [-0.3, -0.25) is 13.9 Å². The van der Waals surface area contributed by atoms with Crippen LogP contribution < -0.4 is 9.62 Å². The predicted octanol–water partition coefficient (Wildman–Crippen LogP) is 5.39. The molecule has 40 heavy (non-hydrogen) atoms. The molecule has 2 atom stereocenters. The van der Waals surface area contributed by atoms with Gasteiger partial charge in [0, 0.05) is 23.5 Å². The maximum atomic E-state index is 14.1. The molecule has 3 aromatic carbocycles. The maximum absolute atomic E-state index is 14.1. The smallest absolute Gasteiger partial charge is 0.244 e. The fourth-order valence-corrected chi connectivity index (χ4v) is 5.59. The van der Waals surface area contributed by atoms with Gasteiger partial charge in [0.1, 0.15) is 12.6 Å².